The first-order chi connectivity index (χ1) is 13.9. The lowest BCUT2D eigenvalue weighted by atomic mass is 9.70. The third-order valence-electron chi connectivity index (χ3n) is 7.22. The molecule has 0 aromatic heterocycles. The standard InChI is InChI=1S/C22H33N3O3S/c1-2-3-11-19-17-10-7-14-24-13-6-8-16(21(17)24)15-25(19)29(27,28)20-12-5-4-9-18(20)22(23)26/h4-5,9,12,16-17,19,21H,2-3,6-8,10-11,13-15H2,1H3,(H2,23,26)/t16-,17+,19+,21-/m0/s1. The largest absolute Gasteiger partial charge is 0.366 e. The van der Waals surface area contributed by atoms with E-state index in [9.17, 15) is 13.2 Å². The average molecular weight is 420 g/mol. The third kappa shape index (κ3) is 3.73. The highest BCUT2D eigenvalue weighted by atomic mass is 32.2. The SMILES string of the molecule is CCCC[C@@H]1[C@H]2CCCN3CCC[C@@H](CN1S(=O)(=O)c1ccccc1C(N)=O)[C@@H]23. The molecular weight excluding hydrogens is 386 g/mol. The van der Waals surface area contributed by atoms with Crippen molar-refractivity contribution < 1.29 is 13.2 Å². The number of hydrogen-bond donors (Lipinski definition) is 1. The lowest BCUT2D eigenvalue weighted by Gasteiger charge is -2.57. The van der Waals surface area contributed by atoms with Crippen molar-refractivity contribution in [3.63, 3.8) is 0 Å². The Hall–Kier alpha value is -1.44. The number of carbonyl (C=O) groups excluding carboxylic acids is 1. The number of nitrogens with two attached hydrogens (primary N) is 1. The molecule has 0 unspecified atom stereocenters. The van der Waals surface area contributed by atoms with Crippen molar-refractivity contribution in [2.45, 2.75) is 68.8 Å². The minimum Gasteiger partial charge on any atom is -0.366 e. The molecule has 7 heteroatoms. The number of benzene rings is 1. The fourth-order valence-corrected chi connectivity index (χ4v) is 7.98. The van der Waals surface area contributed by atoms with Crippen molar-refractivity contribution in [1.29, 1.82) is 0 Å². The summed E-state index contributed by atoms with van der Waals surface area (Å²) in [4.78, 5) is 14.6. The van der Waals surface area contributed by atoms with E-state index in [1.54, 1.807) is 16.4 Å². The Morgan fingerprint density at radius 1 is 1.17 bits per heavy atom. The van der Waals surface area contributed by atoms with Crippen LogP contribution in [0.1, 0.15) is 62.2 Å². The van der Waals surface area contributed by atoms with E-state index in [0.717, 1.165) is 58.0 Å². The van der Waals surface area contributed by atoms with E-state index in [0.29, 0.717) is 24.4 Å². The molecule has 3 aliphatic heterocycles. The van der Waals surface area contributed by atoms with E-state index in [1.165, 1.54) is 12.1 Å². The molecule has 1 aromatic rings. The van der Waals surface area contributed by atoms with Gasteiger partial charge in [0.1, 0.15) is 0 Å². The van der Waals surface area contributed by atoms with E-state index in [-0.39, 0.29) is 16.5 Å². The van der Waals surface area contributed by atoms with Gasteiger partial charge in [-0.1, -0.05) is 31.9 Å². The topological polar surface area (TPSA) is 83.7 Å². The summed E-state index contributed by atoms with van der Waals surface area (Å²) in [5.41, 5.74) is 5.61. The Bertz CT molecular complexity index is 855. The maximum absolute atomic E-state index is 13.8. The van der Waals surface area contributed by atoms with Gasteiger partial charge in [-0.2, -0.15) is 4.31 Å². The van der Waals surface area contributed by atoms with Gasteiger partial charge in [0.25, 0.3) is 0 Å². The molecule has 4 atom stereocenters. The molecule has 0 spiro atoms. The van der Waals surface area contributed by atoms with Gasteiger partial charge in [-0.15, -0.1) is 0 Å². The van der Waals surface area contributed by atoms with Crippen LogP contribution < -0.4 is 5.73 Å². The molecule has 160 valence electrons. The molecule has 3 heterocycles. The highest BCUT2D eigenvalue weighted by molar-refractivity contribution is 7.89. The minimum absolute atomic E-state index is 0.00281. The first-order valence-corrected chi connectivity index (χ1v) is 12.5. The number of rotatable bonds is 6. The van der Waals surface area contributed by atoms with Crippen LogP contribution in [0, 0.1) is 11.8 Å². The molecule has 2 N–H and O–H groups in total. The van der Waals surface area contributed by atoms with Gasteiger partial charge in [0, 0.05) is 18.6 Å². The molecule has 29 heavy (non-hydrogen) atoms. The Kier molecular flexibility index (Phi) is 6.00. The van der Waals surface area contributed by atoms with Gasteiger partial charge in [0.2, 0.25) is 15.9 Å². The van der Waals surface area contributed by atoms with Crippen LogP contribution in [0.2, 0.25) is 0 Å². The van der Waals surface area contributed by atoms with Crippen LogP contribution in [0.15, 0.2) is 29.2 Å². The number of nitrogens with zero attached hydrogens (tertiary/aromatic N) is 2. The molecule has 0 bridgehead atoms. The lowest BCUT2D eigenvalue weighted by molar-refractivity contribution is -0.0523. The van der Waals surface area contributed by atoms with Gasteiger partial charge < -0.3 is 5.73 Å². The lowest BCUT2D eigenvalue weighted by Crippen LogP contribution is -2.65. The fraction of sp³-hybridized carbons (Fsp3) is 0.682. The summed E-state index contributed by atoms with van der Waals surface area (Å²) in [7, 11) is -3.79. The normalized spacial score (nSPS) is 30.7. The van der Waals surface area contributed by atoms with E-state index < -0.39 is 15.9 Å². The number of unbranched alkanes of at least 4 members (excludes halogenated alkanes) is 1. The van der Waals surface area contributed by atoms with Crippen LogP contribution in [-0.4, -0.2) is 55.2 Å². The quantitative estimate of drug-likeness (QED) is 0.768. The van der Waals surface area contributed by atoms with Crippen molar-refractivity contribution in [3.8, 4) is 0 Å². The second kappa shape index (κ2) is 8.36. The highest BCUT2D eigenvalue weighted by Crippen LogP contribution is 2.45. The monoisotopic (exact) mass is 419 g/mol. The second-order valence-corrected chi connectivity index (χ2v) is 10.7. The van der Waals surface area contributed by atoms with E-state index in [1.807, 2.05) is 0 Å². The van der Waals surface area contributed by atoms with Gasteiger partial charge in [-0.3, -0.25) is 9.69 Å². The zero-order chi connectivity index (χ0) is 20.6. The molecule has 0 saturated carbocycles. The molecule has 3 saturated heterocycles. The van der Waals surface area contributed by atoms with Crippen LogP contribution >= 0.6 is 0 Å². The maximum atomic E-state index is 13.8. The Labute approximate surface area is 174 Å². The number of sulfonamides is 1. The van der Waals surface area contributed by atoms with Crippen LogP contribution in [0.3, 0.4) is 0 Å². The maximum Gasteiger partial charge on any atom is 0.250 e. The second-order valence-electron chi connectivity index (χ2n) is 8.88. The average Bonchev–Trinajstić information content (AvgIpc) is 2.73. The summed E-state index contributed by atoms with van der Waals surface area (Å²) < 4.78 is 29.4. The molecular formula is C22H33N3O3S. The first kappa shape index (κ1) is 20.8. The molecule has 1 amide bonds. The van der Waals surface area contributed by atoms with Crippen molar-refractivity contribution in [3.05, 3.63) is 29.8 Å². The molecule has 6 nitrogen and oxygen atoms in total. The zero-order valence-corrected chi connectivity index (χ0v) is 18.1. The number of primary amides is 1. The Morgan fingerprint density at radius 3 is 2.62 bits per heavy atom. The Balaban J connectivity index is 1.75. The smallest absolute Gasteiger partial charge is 0.250 e. The predicted molar refractivity (Wildman–Crippen MR) is 113 cm³/mol. The molecule has 3 fully saturated rings. The molecule has 0 aliphatic carbocycles. The van der Waals surface area contributed by atoms with Gasteiger partial charge >= 0.3 is 0 Å². The van der Waals surface area contributed by atoms with Crippen molar-refractivity contribution in [2.24, 2.45) is 17.6 Å². The number of amides is 1. The summed E-state index contributed by atoms with van der Waals surface area (Å²) in [5.74, 6) is 0.0676. The van der Waals surface area contributed by atoms with E-state index >= 15 is 0 Å². The summed E-state index contributed by atoms with van der Waals surface area (Å²) >= 11 is 0. The molecule has 3 aliphatic rings. The number of carbonyl (C=O) groups is 1. The Morgan fingerprint density at radius 2 is 1.90 bits per heavy atom. The van der Waals surface area contributed by atoms with Crippen molar-refractivity contribution in [2.75, 3.05) is 19.6 Å². The van der Waals surface area contributed by atoms with E-state index in [2.05, 4.69) is 11.8 Å². The highest BCUT2D eigenvalue weighted by Gasteiger charge is 2.51. The first-order valence-electron chi connectivity index (χ1n) is 11.1. The van der Waals surface area contributed by atoms with Gasteiger partial charge in [0.15, 0.2) is 0 Å². The molecule has 4 rings (SSSR count). The van der Waals surface area contributed by atoms with Crippen LogP contribution in [0.5, 0.6) is 0 Å². The van der Waals surface area contributed by atoms with Crippen molar-refractivity contribution in [1.82, 2.24) is 9.21 Å². The van der Waals surface area contributed by atoms with Crippen LogP contribution in [-0.2, 0) is 10.0 Å². The minimum atomic E-state index is -3.79. The fourth-order valence-electron chi connectivity index (χ4n) is 6.03. The zero-order valence-electron chi connectivity index (χ0n) is 17.3. The summed E-state index contributed by atoms with van der Waals surface area (Å²) in [6.07, 6.45) is 7.41. The predicted octanol–water partition coefficient (Wildman–Crippen LogP) is 2.84. The van der Waals surface area contributed by atoms with Gasteiger partial charge in [0.05, 0.1) is 10.5 Å². The van der Waals surface area contributed by atoms with Crippen molar-refractivity contribution >= 4 is 15.9 Å². The molecule has 1 aromatic carbocycles. The van der Waals surface area contributed by atoms with Crippen LogP contribution in [0.4, 0.5) is 0 Å². The summed E-state index contributed by atoms with van der Waals surface area (Å²) in [5, 5.41) is 0. The van der Waals surface area contributed by atoms with Gasteiger partial charge in [-0.05, 0) is 69.2 Å². The molecule has 0 radical (unpaired) electrons. The van der Waals surface area contributed by atoms with E-state index in [4.69, 9.17) is 5.73 Å². The number of piperidine rings is 3. The van der Waals surface area contributed by atoms with Crippen LogP contribution in [0.25, 0.3) is 0 Å². The summed E-state index contributed by atoms with van der Waals surface area (Å²) in [6, 6.07) is 6.91. The number of hydrogen-bond acceptors (Lipinski definition) is 4. The van der Waals surface area contributed by atoms with Gasteiger partial charge in [-0.25, -0.2) is 8.42 Å². The summed E-state index contributed by atoms with van der Waals surface area (Å²) in [6.45, 7) is 5.01. The third-order valence-corrected chi connectivity index (χ3v) is 9.17.